The Morgan fingerprint density at radius 1 is 1.58 bits per heavy atom. The molecule has 0 radical (unpaired) electrons. The van der Waals surface area contributed by atoms with Gasteiger partial charge in [0.1, 0.15) is 5.15 Å². The molecule has 0 aliphatic carbocycles. The second-order valence-electron chi connectivity index (χ2n) is 4.60. The van der Waals surface area contributed by atoms with E-state index in [0.29, 0.717) is 26.1 Å². The van der Waals surface area contributed by atoms with Gasteiger partial charge in [-0.2, -0.15) is 0 Å². The number of amides is 1. The number of nitrogens with one attached hydrogen (secondary N) is 1. The first kappa shape index (κ1) is 14.0. The molecule has 6 nitrogen and oxygen atoms in total. The monoisotopic (exact) mass is 285 g/mol. The number of hydrogen-bond acceptors (Lipinski definition) is 5. The molecule has 4 N–H and O–H groups in total. The number of carbonyl (C=O) groups is 1. The van der Waals surface area contributed by atoms with E-state index in [2.05, 4.69) is 10.3 Å². The van der Waals surface area contributed by atoms with Crippen molar-refractivity contribution >= 4 is 23.2 Å². The summed E-state index contributed by atoms with van der Waals surface area (Å²) in [6.45, 7) is 0.877. The molecule has 2 heterocycles. The van der Waals surface area contributed by atoms with Crippen molar-refractivity contribution in [2.75, 3.05) is 25.6 Å². The molecule has 1 aliphatic heterocycles. The van der Waals surface area contributed by atoms with Gasteiger partial charge in [0, 0.05) is 13.2 Å². The standard InChI is InChI=1S/C12H16ClN3O3/c13-10-5-8(9(14)6-15-10)11(18)16-12(7-17)1-3-19-4-2-12/h5-6,17H,1-4,7,14H2,(H,16,18). The summed E-state index contributed by atoms with van der Waals surface area (Å²) in [5.41, 5.74) is 5.57. The van der Waals surface area contributed by atoms with Gasteiger partial charge in [-0.15, -0.1) is 0 Å². The maximum Gasteiger partial charge on any atom is 0.254 e. The number of nitrogens with zero attached hydrogens (tertiary/aromatic N) is 1. The summed E-state index contributed by atoms with van der Waals surface area (Å²) in [7, 11) is 0. The van der Waals surface area contributed by atoms with Gasteiger partial charge in [-0.25, -0.2) is 4.98 Å². The minimum atomic E-state index is -0.655. The van der Waals surface area contributed by atoms with Crippen molar-refractivity contribution in [3.8, 4) is 0 Å². The van der Waals surface area contributed by atoms with Crippen LogP contribution in [0, 0.1) is 0 Å². The molecule has 0 spiro atoms. The molecular formula is C12H16ClN3O3. The summed E-state index contributed by atoms with van der Waals surface area (Å²) in [4.78, 5) is 16.0. The Balaban J connectivity index is 2.17. The van der Waals surface area contributed by atoms with Gasteiger partial charge in [0.15, 0.2) is 0 Å². The van der Waals surface area contributed by atoms with E-state index < -0.39 is 5.54 Å². The van der Waals surface area contributed by atoms with Crippen LogP contribution in [0.4, 0.5) is 5.69 Å². The zero-order chi connectivity index (χ0) is 13.9. The largest absolute Gasteiger partial charge is 0.397 e. The number of pyridine rings is 1. The molecular weight excluding hydrogens is 270 g/mol. The van der Waals surface area contributed by atoms with Crippen molar-refractivity contribution in [2.45, 2.75) is 18.4 Å². The number of anilines is 1. The molecule has 1 aromatic heterocycles. The number of rotatable bonds is 3. The number of carbonyl (C=O) groups excluding carboxylic acids is 1. The Morgan fingerprint density at radius 3 is 2.89 bits per heavy atom. The Bertz CT molecular complexity index is 475. The summed E-state index contributed by atoms with van der Waals surface area (Å²) in [6, 6.07) is 1.41. The summed E-state index contributed by atoms with van der Waals surface area (Å²) in [5.74, 6) is -0.363. The molecule has 1 aliphatic rings. The molecule has 1 saturated heterocycles. The molecule has 19 heavy (non-hydrogen) atoms. The average Bonchev–Trinajstić information content (AvgIpc) is 2.42. The maximum absolute atomic E-state index is 12.2. The first-order valence-electron chi connectivity index (χ1n) is 5.98. The van der Waals surface area contributed by atoms with Gasteiger partial charge in [-0.1, -0.05) is 11.6 Å². The van der Waals surface area contributed by atoms with Crippen LogP contribution in [0.2, 0.25) is 5.15 Å². The summed E-state index contributed by atoms with van der Waals surface area (Å²) in [5, 5.41) is 12.6. The number of nitrogens with two attached hydrogens (primary N) is 1. The molecule has 2 rings (SSSR count). The van der Waals surface area contributed by atoms with Crippen LogP contribution in [0.15, 0.2) is 12.3 Å². The average molecular weight is 286 g/mol. The van der Waals surface area contributed by atoms with E-state index in [9.17, 15) is 9.90 Å². The topological polar surface area (TPSA) is 97.5 Å². The highest BCUT2D eigenvalue weighted by molar-refractivity contribution is 6.29. The zero-order valence-electron chi connectivity index (χ0n) is 10.4. The fourth-order valence-electron chi connectivity index (χ4n) is 2.03. The molecule has 1 aromatic rings. The molecule has 0 bridgehead atoms. The van der Waals surface area contributed by atoms with Gasteiger partial charge in [0.25, 0.3) is 5.91 Å². The number of aliphatic hydroxyl groups is 1. The third-order valence-electron chi connectivity index (χ3n) is 3.28. The van der Waals surface area contributed by atoms with Crippen LogP contribution in [-0.2, 0) is 4.74 Å². The Kier molecular flexibility index (Phi) is 4.24. The SMILES string of the molecule is Nc1cnc(Cl)cc1C(=O)NC1(CO)CCOCC1. The minimum Gasteiger partial charge on any atom is -0.397 e. The number of hydrogen-bond donors (Lipinski definition) is 3. The van der Waals surface area contributed by atoms with Crippen LogP contribution >= 0.6 is 11.6 Å². The predicted octanol–water partition coefficient (Wildman–Crippen LogP) is 0.589. The number of halogens is 1. The van der Waals surface area contributed by atoms with Crippen LogP contribution in [-0.4, -0.2) is 41.4 Å². The van der Waals surface area contributed by atoms with Crippen molar-refractivity contribution < 1.29 is 14.6 Å². The van der Waals surface area contributed by atoms with Gasteiger partial charge in [0.2, 0.25) is 0 Å². The molecule has 0 unspecified atom stereocenters. The number of aliphatic hydroxyl groups excluding tert-OH is 1. The molecule has 0 aromatic carbocycles. The van der Waals surface area contributed by atoms with E-state index in [0.717, 1.165) is 0 Å². The number of nitrogen functional groups attached to an aromatic ring is 1. The minimum absolute atomic E-state index is 0.138. The van der Waals surface area contributed by atoms with Crippen molar-refractivity contribution in [2.24, 2.45) is 0 Å². The van der Waals surface area contributed by atoms with Crippen LogP contribution in [0.1, 0.15) is 23.2 Å². The number of aromatic nitrogens is 1. The summed E-state index contributed by atoms with van der Waals surface area (Å²) < 4.78 is 5.24. The Hall–Kier alpha value is -1.37. The van der Waals surface area contributed by atoms with E-state index in [-0.39, 0.29) is 28.9 Å². The van der Waals surface area contributed by atoms with Crippen LogP contribution in [0.3, 0.4) is 0 Å². The smallest absolute Gasteiger partial charge is 0.254 e. The maximum atomic E-state index is 12.2. The lowest BCUT2D eigenvalue weighted by Crippen LogP contribution is -2.54. The van der Waals surface area contributed by atoms with Crippen molar-refractivity contribution in [3.63, 3.8) is 0 Å². The lowest BCUT2D eigenvalue weighted by Gasteiger charge is -2.36. The normalized spacial score (nSPS) is 18.0. The number of ether oxygens (including phenoxy) is 1. The van der Waals surface area contributed by atoms with E-state index in [1.165, 1.54) is 12.3 Å². The van der Waals surface area contributed by atoms with E-state index in [4.69, 9.17) is 22.1 Å². The third kappa shape index (κ3) is 3.15. The van der Waals surface area contributed by atoms with Gasteiger partial charge >= 0.3 is 0 Å². The molecule has 0 atom stereocenters. The third-order valence-corrected chi connectivity index (χ3v) is 3.48. The molecule has 0 saturated carbocycles. The highest BCUT2D eigenvalue weighted by Crippen LogP contribution is 2.22. The Labute approximate surface area is 115 Å². The summed E-state index contributed by atoms with van der Waals surface area (Å²) in [6.07, 6.45) is 2.47. The lowest BCUT2D eigenvalue weighted by molar-refractivity contribution is 0.0125. The van der Waals surface area contributed by atoms with Gasteiger partial charge in [-0.3, -0.25) is 4.79 Å². The van der Waals surface area contributed by atoms with E-state index in [1.54, 1.807) is 0 Å². The van der Waals surface area contributed by atoms with Crippen molar-refractivity contribution in [3.05, 3.63) is 23.0 Å². The zero-order valence-corrected chi connectivity index (χ0v) is 11.1. The molecule has 1 fully saturated rings. The van der Waals surface area contributed by atoms with Crippen LogP contribution in [0.5, 0.6) is 0 Å². The second-order valence-corrected chi connectivity index (χ2v) is 4.99. The first-order chi connectivity index (χ1) is 9.06. The predicted molar refractivity (Wildman–Crippen MR) is 71.0 cm³/mol. The summed E-state index contributed by atoms with van der Waals surface area (Å²) >= 11 is 5.76. The molecule has 104 valence electrons. The Morgan fingerprint density at radius 2 is 2.26 bits per heavy atom. The quantitative estimate of drug-likeness (QED) is 0.706. The molecule has 1 amide bonds. The fraction of sp³-hybridized carbons (Fsp3) is 0.500. The lowest BCUT2D eigenvalue weighted by atomic mass is 9.90. The van der Waals surface area contributed by atoms with Gasteiger partial charge in [0.05, 0.1) is 29.6 Å². The van der Waals surface area contributed by atoms with Gasteiger partial charge < -0.3 is 20.9 Å². The first-order valence-corrected chi connectivity index (χ1v) is 6.36. The fourth-order valence-corrected chi connectivity index (χ4v) is 2.19. The van der Waals surface area contributed by atoms with E-state index >= 15 is 0 Å². The van der Waals surface area contributed by atoms with Crippen molar-refractivity contribution in [1.29, 1.82) is 0 Å². The van der Waals surface area contributed by atoms with E-state index in [1.807, 2.05) is 0 Å². The van der Waals surface area contributed by atoms with Crippen molar-refractivity contribution in [1.82, 2.24) is 10.3 Å². The van der Waals surface area contributed by atoms with Gasteiger partial charge in [-0.05, 0) is 18.9 Å². The highest BCUT2D eigenvalue weighted by Gasteiger charge is 2.34. The highest BCUT2D eigenvalue weighted by atomic mass is 35.5. The van der Waals surface area contributed by atoms with Crippen LogP contribution in [0.25, 0.3) is 0 Å². The second kappa shape index (κ2) is 5.73. The van der Waals surface area contributed by atoms with Crippen LogP contribution < -0.4 is 11.1 Å². The molecule has 7 heteroatoms.